The van der Waals surface area contributed by atoms with Crippen molar-refractivity contribution in [1.82, 2.24) is 5.32 Å². The fourth-order valence-corrected chi connectivity index (χ4v) is 3.24. The second-order valence-corrected chi connectivity index (χ2v) is 5.24. The minimum Gasteiger partial charge on any atom is -0.465 e. The molecule has 0 atom stereocenters. The first-order valence-corrected chi connectivity index (χ1v) is 6.96. The molecule has 1 aliphatic rings. The van der Waals surface area contributed by atoms with E-state index in [4.69, 9.17) is 15.2 Å². The summed E-state index contributed by atoms with van der Waals surface area (Å²) in [6, 6.07) is 0. The third-order valence-electron chi connectivity index (χ3n) is 3.09. The van der Waals surface area contributed by atoms with Gasteiger partial charge in [-0.15, -0.1) is 11.3 Å². The average molecular weight is 299 g/mol. The fraction of sp³-hybridized carbons (Fsp3) is 0.500. The molecule has 20 heavy (non-hydrogen) atoms. The van der Waals surface area contributed by atoms with Crippen LogP contribution < -0.4 is 16.0 Å². The van der Waals surface area contributed by atoms with Crippen LogP contribution in [0.15, 0.2) is 0 Å². The lowest BCUT2D eigenvalue weighted by molar-refractivity contribution is 0.0602. The van der Waals surface area contributed by atoms with Crippen LogP contribution in [0.25, 0.3) is 0 Å². The highest BCUT2D eigenvalue weighted by molar-refractivity contribution is 7.19. The summed E-state index contributed by atoms with van der Waals surface area (Å²) in [6.07, 6.45) is 0. The zero-order valence-electron chi connectivity index (χ0n) is 11.4. The molecule has 1 aromatic rings. The highest BCUT2D eigenvalue weighted by atomic mass is 32.1. The molecule has 3 N–H and O–H groups in total. The lowest BCUT2D eigenvalue weighted by Crippen LogP contribution is -2.43. The topological polar surface area (TPSA) is 93.9 Å². The summed E-state index contributed by atoms with van der Waals surface area (Å²) in [5, 5.41) is 3.89. The van der Waals surface area contributed by atoms with E-state index in [1.165, 1.54) is 25.6 Å². The number of thiophene rings is 1. The number of nitrogens with one attached hydrogen (secondary N) is 1. The van der Waals surface area contributed by atoms with Gasteiger partial charge in [0.05, 0.1) is 19.9 Å². The molecule has 0 unspecified atom stereocenters. The van der Waals surface area contributed by atoms with Gasteiger partial charge in [0.2, 0.25) is 0 Å². The number of anilines is 2. The molecule has 0 saturated carbocycles. The van der Waals surface area contributed by atoms with Gasteiger partial charge in [-0.25, -0.2) is 9.59 Å². The van der Waals surface area contributed by atoms with Gasteiger partial charge in [0.15, 0.2) is 0 Å². The van der Waals surface area contributed by atoms with E-state index in [1.807, 2.05) is 4.90 Å². The van der Waals surface area contributed by atoms with Gasteiger partial charge in [0.1, 0.15) is 15.4 Å². The first kappa shape index (κ1) is 14.6. The van der Waals surface area contributed by atoms with Crippen molar-refractivity contribution in [3.05, 3.63) is 10.4 Å². The molecule has 0 aromatic carbocycles. The minimum absolute atomic E-state index is 0.127. The normalized spacial score (nSPS) is 15.0. The number of esters is 2. The van der Waals surface area contributed by atoms with Crippen LogP contribution in [0.3, 0.4) is 0 Å². The van der Waals surface area contributed by atoms with Crippen molar-refractivity contribution in [2.24, 2.45) is 0 Å². The van der Waals surface area contributed by atoms with E-state index in [0.717, 1.165) is 26.2 Å². The van der Waals surface area contributed by atoms with Gasteiger partial charge >= 0.3 is 11.9 Å². The van der Waals surface area contributed by atoms with Crippen LogP contribution in [-0.2, 0) is 9.47 Å². The molecule has 1 saturated heterocycles. The van der Waals surface area contributed by atoms with Gasteiger partial charge in [0.25, 0.3) is 0 Å². The number of nitrogens with zero attached hydrogens (tertiary/aromatic N) is 1. The number of nitrogen functional groups attached to an aromatic ring is 1. The predicted molar refractivity (Wildman–Crippen MR) is 76.5 cm³/mol. The zero-order chi connectivity index (χ0) is 14.7. The summed E-state index contributed by atoms with van der Waals surface area (Å²) in [6.45, 7) is 3.10. The van der Waals surface area contributed by atoms with Crippen LogP contribution in [-0.4, -0.2) is 52.3 Å². The van der Waals surface area contributed by atoms with Crippen LogP contribution in [0, 0.1) is 0 Å². The highest BCUT2D eigenvalue weighted by Crippen LogP contribution is 2.39. The molecular formula is C12H17N3O4S. The Kier molecular flexibility index (Phi) is 4.46. The number of carbonyl (C=O) groups excluding carboxylic acids is 2. The number of nitrogens with two attached hydrogens (primary N) is 1. The van der Waals surface area contributed by atoms with Crippen molar-refractivity contribution in [3.8, 4) is 0 Å². The molecular weight excluding hydrogens is 282 g/mol. The van der Waals surface area contributed by atoms with Crippen molar-refractivity contribution in [1.29, 1.82) is 0 Å². The molecule has 7 nitrogen and oxygen atoms in total. The Morgan fingerprint density at radius 3 is 2.35 bits per heavy atom. The molecule has 2 rings (SSSR count). The molecule has 1 aromatic heterocycles. The Labute approximate surface area is 120 Å². The summed E-state index contributed by atoms with van der Waals surface area (Å²) in [7, 11) is 2.57. The van der Waals surface area contributed by atoms with Crippen molar-refractivity contribution in [3.63, 3.8) is 0 Å². The molecule has 1 fully saturated rings. The second kappa shape index (κ2) is 6.10. The number of methoxy groups -OCH3 is 2. The molecule has 8 heteroatoms. The van der Waals surface area contributed by atoms with Crippen LogP contribution in [0.1, 0.15) is 20.0 Å². The Hall–Kier alpha value is -1.80. The molecule has 0 bridgehead atoms. The molecule has 0 aliphatic carbocycles. The van der Waals surface area contributed by atoms with Crippen molar-refractivity contribution in [2.45, 2.75) is 0 Å². The van der Waals surface area contributed by atoms with Crippen molar-refractivity contribution >= 4 is 34.0 Å². The van der Waals surface area contributed by atoms with Crippen LogP contribution in [0.5, 0.6) is 0 Å². The van der Waals surface area contributed by atoms with Gasteiger partial charge in [-0.05, 0) is 0 Å². The molecule has 0 radical (unpaired) electrons. The van der Waals surface area contributed by atoms with Gasteiger partial charge in [-0.2, -0.15) is 0 Å². The molecule has 110 valence electrons. The lowest BCUT2D eigenvalue weighted by atomic mass is 10.2. The largest absolute Gasteiger partial charge is 0.465 e. The summed E-state index contributed by atoms with van der Waals surface area (Å²) >= 11 is 1.17. The van der Waals surface area contributed by atoms with Gasteiger partial charge in [0, 0.05) is 26.2 Å². The minimum atomic E-state index is -0.543. The number of hydrogen-bond acceptors (Lipinski definition) is 8. The predicted octanol–water partition coefficient (Wildman–Crippen LogP) is 0.313. The monoisotopic (exact) mass is 299 g/mol. The fourth-order valence-electron chi connectivity index (χ4n) is 2.07. The third kappa shape index (κ3) is 2.56. The average Bonchev–Trinajstić information content (AvgIpc) is 2.84. The van der Waals surface area contributed by atoms with Gasteiger partial charge < -0.3 is 25.4 Å². The Balaban J connectivity index is 2.47. The van der Waals surface area contributed by atoms with E-state index < -0.39 is 11.9 Å². The van der Waals surface area contributed by atoms with Crippen LogP contribution in [0.4, 0.5) is 10.7 Å². The maximum absolute atomic E-state index is 11.9. The highest BCUT2D eigenvalue weighted by Gasteiger charge is 2.29. The molecule has 0 amide bonds. The van der Waals surface area contributed by atoms with Crippen LogP contribution >= 0.6 is 11.3 Å². The van der Waals surface area contributed by atoms with Gasteiger partial charge in [-0.3, -0.25) is 0 Å². The standard InChI is InChI=1S/C12H17N3O4S/c1-18-11(16)7-8(13)9(12(17)19-2)20-10(7)15-5-3-14-4-6-15/h14H,3-6,13H2,1-2H3. The first-order chi connectivity index (χ1) is 9.60. The number of rotatable bonds is 3. The van der Waals surface area contributed by atoms with E-state index in [0.29, 0.717) is 5.00 Å². The molecule has 0 spiro atoms. The number of carbonyl (C=O) groups is 2. The number of hydrogen-bond donors (Lipinski definition) is 2. The lowest BCUT2D eigenvalue weighted by Gasteiger charge is -2.28. The molecule has 1 aliphatic heterocycles. The summed E-state index contributed by atoms with van der Waals surface area (Å²) < 4.78 is 9.46. The third-order valence-corrected chi connectivity index (χ3v) is 4.34. The SMILES string of the molecule is COC(=O)c1sc(N2CCNCC2)c(C(=O)OC)c1N. The quantitative estimate of drug-likeness (QED) is 0.776. The second-order valence-electron chi connectivity index (χ2n) is 4.25. The Morgan fingerprint density at radius 2 is 1.80 bits per heavy atom. The summed E-state index contributed by atoms with van der Waals surface area (Å²) in [5.41, 5.74) is 6.31. The first-order valence-electron chi connectivity index (χ1n) is 6.14. The molecule has 2 heterocycles. The smallest absolute Gasteiger partial charge is 0.350 e. The summed E-state index contributed by atoms with van der Waals surface area (Å²) in [4.78, 5) is 25.9. The van der Waals surface area contributed by atoms with Crippen molar-refractivity contribution in [2.75, 3.05) is 51.0 Å². The zero-order valence-corrected chi connectivity index (χ0v) is 12.2. The van der Waals surface area contributed by atoms with Crippen LogP contribution in [0.2, 0.25) is 0 Å². The van der Waals surface area contributed by atoms with E-state index in [1.54, 1.807) is 0 Å². The van der Waals surface area contributed by atoms with E-state index in [2.05, 4.69) is 5.32 Å². The van der Waals surface area contributed by atoms with E-state index >= 15 is 0 Å². The number of piperazine rings is 1. The maximum Gasteiger partial charge on any atom is 0.350 e. The van der Waals surface area contributed by atoms with E-state index in [-0.39, 0.29) is 16.1 Å². The Morgan fingerprint density at radius 1 is 1.20 bits per heavy atom. The number of ether oxygens (including phenoxy) is 2. The van der Waals surface area contributed by atoms with Crippen molar-refractivity contribution < 1.29 is 19.1 Å². The maximum atomic E-state index is 11.9. The van der Waals surface area contributed by atoms with E-state index in [9.17, 15) is 9.59 Å². The van der Waals surface area contributed by atoms with Gasteiger partial charge in [-0.1, -0.05) is 0 Å². The Bertz CT molecular complexity index is 523. The summed E-state index contributed by atoms with van der Waals surface area (Å²) in [5.74, 6) is -1.08.